The maximum absolute atomic E-state index is 12.2. The Labute approximate surface area is 127 Å². The lowest BCUT2D eigenvalue weighted by molar-refractivity contribution is 0.102. The summed E-state index contributed by atoms with van der Waals surface area (Å²) < 4.78 is 1.69. The van der Waals surface area contributed by atoms with Gasteiger partial charge in [-0.05, 0) is 49.2 Å². The van der Waals surface area contributed by atoms with Gasteiger partial charge in [-0.2, -0.15) is 0 Å². The Balaban J connectivity index is 1.75. The number of carbonyl (C=O) groups excluding carboxylic acids is 1. The second-order valence-corrected chi connectivity index (χ2v) is 5.03. The zero-order valence-electron chi connectivity index (χ0n) is 12.3. The maximum atomic E-state index is 12.2. The Morgan fingerprint density at radius 3 is 2.45 bits per heavy atom. The van der Waals surface area contributed by atoms with Crippen molar-refractivity contribution in [3.63, 3.8) is 0 Å². The number of aromatic nitrogens is 4. The lowest BCUT2D eigenvalue weighted by Gasteiger charge is -2.08. The second-order valence-electron chi connectivity index (χ2n) is 5.03. The van der Waals surface area contributed by atoms with E-state index in [0.29, 0.717) is 17.1 Å². The third-order valence-electron chi connectivity index (χ3n) is 3.46. The molecule has 1 N–H and O–H groups in total. The topological polar surface area (TPSA) is 72.7 Å². The number of amides is 1. The van der Waals surface area contributed by atoms with Gasteiger partial charge in [0.1, 0.15) is 18.5 Å². The van der Waals surface area contributed by atoms with Crippen LogP contribution in [0, 0.1) is 13.8 Å². The van der Waals surface area contributed by atoms with E-state index < -0.39 is 0 Å². The van der Waals surface area contributed by atoms with Crippen molar-refractivity contribution >= 4 is 11.6 Å². The summed E-state index contributed by atoms with van der Waals surface area (Å²) in [6.45, 7) is 4.01. The van der Waals surface area contributed by atoms with Crippen LogP contribution in [0.4, 0.5) is 5.69 Å². The third-order valence-corrected chi connectivity index (χ3v) is 3.46. The molecule has 0 atom stereocenters. The molecular weight excluding hydrogens is 278 g/mol. The van der Waals surface area contributed by atoms with Crippen LogP contribution < -0.4 is 5.32 Å². The van der Waals surface area contributed by atoms with E-state index in [1.54, 1.807) is 35.6 Å². The van der Waals surface area contributed by atoms with Crippen molar-refractivity contribution in [3.05, 3.63) is 65.9 Å². The SMILES string of the molecule is Cc1ccc(C(=O)Nc2ccc(-n3cnnc3)nc2)cc1C. The van der Waals surface area contributed by atoms with Crippen LogP contribution in [0.15, 0.2) is 49.2 Å². The number of nitrogens with one attached hydrogen (secondary N) is 1. The van der Waals surface area contributed by atoms with Gasteiger partial charge in [0.2, 0.25) is 0 Å². The van der Waals surface area contributed by atoms with Crippen LogP contribution in [0.1, 0.15) is 21.5 Å². The number of pyridine rings is 1. The fourth-order valence-electron chi connectivity index (χ4n) is 2.02. The Hall–Kier alpha value is -3.02. The van der Waals surface area contributed by atoms with Crippen molar-refractivity contribution < 1.29 is 4.79 Å². The fraction of sp³-hybridized carbons (Fsp3) is 0.125. The van der Waals surface area contributed by atoms with E-state index in [-0.39, 0.29) is 5.91 Å². The van der Waals surface area contributed by atoms with Gasteiger partial charge in [-0.1, -0.05) is 6.07 Å². The molecule has 0 saturated heterocycles. The highest BCUT2D eigenvalue weighted by atomic mass is 16.1. The monoisotopic (exact) mass is 293 g/mol. The molecular formula is C16H15N5O. The molecule has 110 valence electrons. The minimum Gasteiger partial charge on any atom is -0.321 e. The van der Waals surface area contributed by atoms with Crippen molar-refractivity contribution in [1.82, 2.24) is 19.7 Å². The first-order chi connectivity index (χ1) is 10.6. The Morgan fingerprint density at radius 2 is 1.82 bits per heavy atom. The van der Waals surface area contributed by atoms with Gasteiger partial charge in [-0.25, -0.2) is 4.98 Å². The summed E-state index contributed by atoms with van der Waals surface area (Å²) in [7, 11) is 0. The molecule has 3 rings (SSSR count). The molecule has 0 radical (unpaired) electrons. The summed E-state index contributed by atoms with van der Waals surface area (Å²) in [5.41, 5.74) is 3.52. The third kappa shape index (κ3) is 2.85. The fourth-order valence-corrected chi connectivity index (χ4v) is 2.02. The van der Waals surface area contributed by atoms with E-state index in [1.807, 2.05) is 32.0 Å². The first-order valence-corrected chi connectivity index (χ1v) is 6.83. The lowest BCUT2D eigenvalue weighted by Crippen LogP contribution is -2.12. The number of hydrogen-bond donors (Lipinski definition) is 1. The highest BCUT2D eigenvalue weighted by Crippen LogP contribution is 2.13. The first-order valence-electron chi connectivity index (χ1n) is 6.83. The van der Waals surface area contributed by atoms with Crippen LogP contribution in [0.3, 0.4) is 0 Å². The number of aryl methyl sites for hydroxylation is 2. The number of carbonyl (C=O) groups is 1. The molecule has 0 aliphatic carbocycles. The minimum atomic E-state index is -0.151. The molecule has 6 nitrogen and oxygen atoms in total. The molecule has 2 heterocycles. The standard InChI is InChI=1S/C16H15N5O/c1-11-3-4-13(7-12(11)2)16(22)20-14-5-6-15(17-8-14)21-9-18-19-10-21/h3-10H,1-2H3,(H,20,22). The van der Waals surface area contributed by atoms with Crippen LogP contribution in [-0.2, 0) is 0 Å². The zero-order chi connectivity index (χ0) is 15.5. The van der Waals surface area contributed by atoms with Gasteiger partial charge in [0.15, 0.2) is 0 Å². The summed E-state index contributed by atoms with van der Waals surface area (Å²) in [6.07, 6.45) is 4.74. The van der Waals surface area contributed by atoms with E-state index >= 15 is 0 Å². The van der Waals surface area contributed by atoms with Crippen molar-refractivity contribution in [2.75, 3.05) is 5.32 Å². The molecule has 0 aliphatic rings. The highest BCUT2D eigenvalue weighted by molar-refractivity contribution is 6.04. The van der Waals surface area contributed by atoms with Crippen molar-refractivity contribution in [3.8, 4) is 5.82 Å². The van der Waals surface area contributed by atoms with Gasteiger partial charge < -0.3 is 5.32 Å². The van der Waals surface area contributed by atoms with Crippen LogP contribution in [0.5, 0.6) is 0 Å². The molecule has 1 aromatic carbocycles. The van der Waals surface area contributed by atoms with E-state index in [2.05, 4.69) is 20.5 Å². The number of nitrogens with zero attached hydrogens (tertiary/aromatic N) is 4. The number of rotatable bonds is 3. The highest BCUT2D eigenvalue weighted by Gasteiger charge is 2.07. The quantitative estimate of drug-likeness (QED) is 0.805. The van der Waals surface area contributed by atoms with Gasteiger partial charge >= 0.3 is 0 Å². The molecule has 0 fully saturated rings. The average Bonchev–Trinajstić information content (AvgIpc) is 3.05. The van der Waals surface area contributed by atoms with Crippen LogP contribution in [0.25, 0.3) is 5.82 Å². The van der Waals surface area contributed by atoms with Gasteiger partial charge in [0.25, 0.3) is 5.91 Å². The molecule has 6 heteroatoms. The number of hydrogen-bond acceptors (Lipinski definition) is 4. The molecule has 3 aromatic rings. The van der Waals surface area contributed by atoms with E-state index in [0.717, 1.165) is 11.1 Å². The van der Waals surface area contributed by atoms with E-state index in [1.165, 1.54) is 0 Å². The smallest absolute Gasteiger partial charge is 0.255 e. The lowest BCUT2D eigenvalue weighted by atomic mass is 10.1. The summed E-state index contributed by atoms with van der Waals surface area (Å²) in [5.74, 6) is 0.538. The molecule has 2 aromatic heterocycles. The first kappa shape index (κ1) is 13.9. The Bertz CT molecular complexity index is 794. The molecule has 0 aliphatic heterocycles. The molecule has 0 spiro atoms. The largest absolute Gasteiger partial charge is 0.321 e. The Kier molecular flexibility index (Phi) is 3.65. The van der Waals surface area contributed by atoms with Crippen molar-refractivity contribution in [2.24, 2.45) is 0 Å². The number of anilines is 1. The van der Waals surface area contributed by atoms with Gasteiger partial charge in [-0.3, -0.25) is 9.36 Å². The molecule has 0 bridgehead atoms. The molecule has 0 saturated carbocycles. The zero-order valence-corrected chi connectivity index (χ0v) is 12.3. The second kappa shape index (κ2) is 5.77. The van der Waals surface area contributed by atoms with E-state index in [4.69, 9.17) is 0 Å². The van der Waals surface area contributed by atoms with Crippen LogP contribution in [-0.4, -0.2) is 25.7 Å². The van der Waals surface area contributed by atoms with Crippen LogP contribution >= 0.6 is 0 Å². The van der Waals surface area contributed by atoms with Gasteiger partial charge in [0.05, 0.1) is 11.9 Å². The minimum absolute atomic E-state index is 0.151. The molecule has 1 amide bonds. The van der Waals surface area contributed by atoms with E-state index in [9.17, 15) is 4.79 Å². The van der Waals surface area contributed by atoms with Crippen LogP contribution in [0.2, 0.25) is 0 Å². The van der Waals surface area contributed by atoms with Gasteiger partial charge in [0, 0.05) is 5.56 Å². The average molecular weight is 293 g/mol. The predicted molar refractivity (Wildman–Crippen MR) is 83.0 cm³/mol. The Morgan fingerprint density at radius 1 is 1.05 bits per heavy atom. The predicted octanol–water partition coefficient (Wildman–Crippen LogP) is 2.53. The van der Waals surface area contributed by atoms with Gasteiger partial charge in [-0.15, -0.1) is 10.2 Å². The van der Waals surface area contributed by atoms with Crippen molar-refractivity contribution in [1.29, 1.82) is 0 Å². The summed E-state index contributed by atoms with van der Waals surface area (Å²) in [4.78, 5) is 16.5. The molecule has 0 unspecified atom stereocenters. The maximum Gasteiger partial charge on any atom is 0.255 e. The molecule has 22 heavy (non-hydrogen) atoms. The summed E-state index contributed by atoms with van der Waals surface area (Å²) in [6, 6.07) is 9.22. The number of benzene rings is 1. The van der Waals surface area contributed by atoms with Crippen molar-refractivity contribution in [2.45, 2.75) is 13.8 Å². The summed E-state index contributed by atoms with van der Waals surface area (Å²) >= 11 is 0. The normalized spacial score (nSPS) is 10.5. The summed E-state index contributed by atoms with van der Waals surface area (Å²) in [5, 5.41) is 10.3.